The summed E-state index contributed by atoms with van der Waals surface area (Å²) in [7, 11) is 2.88. The number of ether oxygens (including phenoxy) is 2. The molecule has 0 unspecified atom stereocenters. The molecule has 1 saturated heterocycles. The Morgan fingerprint density at radius 2 is 1.94 bits per heavy atom. The maximum absolute atomic E-state index is 12.8. The number of pyridine rings is 1. The standard InChI is InChI=1S/C22H25N5O4/c1-30-15-6-7-16-17(13-15)24-21(22(29)31-2)20(16)25-19(28)14-26-9-11-27(12-10-26)18-5-3-4-8-23-18/h3-8,13,24H,9-12,14H2,1-2H3,(H,25,28). The number of nitrogens with one attached hydrogen (secondary N) is 2. The van der Waals surface area contributed by atoms with Gasteiger partial charge in [0, 0.05) is 43.8 Å². The van der Waals surface area contributed by atoms with Crippen LogP contribution in [0.3, 0.4) is 0 Å². The van der Waals surface area contributed by atoms with Crippen molar-refractivity contribution in [3.05, 3.63) is 48.3 Å². The lowest BCUT2D eigenvalue weighted by atomic mass is 10.2. The fourth-order valence-corrected chi connectivity index (χ4v) is 3.75. The van der Waals surface area contributed by atoms with Gasteiger partial charge in [-0.1, -0.05) is 6.07 Å². The van der Waals surface area contributed by atoms with Gasteiger partial charge in [-0.2, -0.15) is 0 Å². The van der Waals surface area contributed by atoms with Crippen LogP contribution < -0.4 is 15.0 Å². The molecule has 9 nitrogen and oxygen atoms in total. The average molecular weight is 423 g/mol. The molecule has 2 aromatic heterocycles. The molecule has 1 aliphatic rings. The van der Waals surface area contributed by atoms with Gasteiger partial charge in [0.05, 0.1) is 32.0 Å². The zero-order chi connectivity index (χ0) is 21.8. The predicted octanol–water partition coefficient (Wildman–Crippen LogP) is 2.12. The zero-order valence-corrected chi connectivity index (χ0v) is 17.6. The van der Waals surface area contributed by atoms with Gasteiger partial charge in [0.1, 0.15) is 17.3 Å². The van der Waals surface area contributed by atoms with Gasteiger partial charge in [0.25, 0.3) is 0 Å². The third-order valence-corrected chi connectivity index (χ3v) is 5.37. The third kappa shape index (κ3) is 4.46. The lowest BCUT2D eigenvalue weighted by Crippen LogP contribution is -2.48. The molecule has 0 bridgehead atoms. The molecular weight excluding hydrogens is 398 g/mol. The summed E-state index contributed by atoms with van der Waals surface area (Å²) >= 11 is 0. The van der Waals surface area contributed by atoms with E-state index in [9.17, 15) is 9.59 Å². The number of H-pyrrole nitrogens is 1. The number of piperazine rings is 1. The van der Waals surface area contributed by atoms with E-state index in [2.05, 4.69) is 25.1 Å². The van der Waals surface area contributed by atoms with Crippen LogP contribution >= 0.6 is 0 Å². The maximum atomic E-state index is 12.8. The summed E-state index contributed by atoms with van der Waals surface area (Å²) in [6.45, 7) is 3.33. The molecule has 3 aromatic rings. The highest BCUT2D eigenvalue weighted by Crippen LogP contribution is 2.31. The molecule has 9 heteroatoms. The number of amides is 1. The van der Waals surface area contributed by atoms with Gasteiger partial charge >= 0.3 is 5.97 Å². The van der Waals surface area contributed by atoms with Crippen molar-refractivity contribution in [3.63, 3.8) is 0 Å². The van der Waals surface area contributed by atoms with Crippen LogP contribution in [0.2, 0.25) is 0 Å². The molecule has 0 spiro atoms. The average Bonchev–Trinajstić information content (AvgIpc) is 3.16. The molecule has 0 atom stereocenters. The number of rotatable bonds is 6. The number of hydrogen-bond donors (Lipinski definition) is 2. The van der Waals surface area contributed by atoms with Crippen molar-refractivity contribution in [1.29, 1.82) is 0 Å². The minimum absolute atomic E-state index is 0.187. The molecule has 31 heavy (non-hydrogen) atoms. The number of carbonyl (C=O) groups excluding carboxylic acids is 2. The number of fused-ring (bicyclic) bond motifs is 1. The van der Waals surface area contributed by atoms with Gasteiger partial charge in [0.2, 0.25) is 5.91 Å². The van der Waals surface area contributed by atoms with Gasteiger partial charge in [-0.3, -0.25) is 9.69 Å². The summed E-state index contributed by atoms with van der Waals surface area (Å²) in [5.41, 5.74) is 1.31. The molecule has 1 aliphatic heterocycles. The number of hydrogen-bond acceptors (Lipinski definition) is 7. The molecule has 0 aliphatic carbocycles. The van der Waals surface area contributed by atoms with Gasteiger partial charge in [-0.25, -0.2) is 9.78 Å². The molecule has 1 amide bonds. The van der Waals surface area contributed by atoms with Crippen LogP contribution in [0.5, 0.6) is 5.75 Å². The fourth-order valence-electron chi connectivity index (χ4n) is 3.75. The molecular formula is C22H25N5O4. The lowest BCUT2D eigenvalue weighted by molar-refractivity contribution is -0.117. The molecule has 0 saturated carbocycles. The van der Waals surface area contributed by atoms with E-state index >= 15 is 0 Å². The van der Waals surface area contributed by atoms with Crippen LogP contribution in [0.4, 0.5) is 11.5 Å². The lowest BCUT2D eigenvalue weighted by Gasteiger charge is -2.34. The minimum atomic E-state index is -0.547. The van der Waals surface area contributed by atoms with Gasteiger partial charge in [0.15, 0.2) is 0 Å². The number of carbonyl (C=O) groups is 2. The number of nitrogens with zero attached hydrogens (tertiary/aromatic N) is 3. The Morgan fingerprint density at radius 3 is 2.61 bits per heavy atom. The monoisotopic (exact) mass is 423 g/mol. The Kier molecular flexibility index (Phi) is 6.03. The molecule has 1 aromatic carbocycles. The predicted molar refractivity (Wildman–Crippen MR) is 118 cm³/mol. The summed E-state index contributed by atoms with van der Waals surface area (Å²) in [6, 6.07) is 11.2. The van der Waals surface area contributed by atoms with Crippen LogP contribution in [-0.2, 0) is 9.53 Å². The molecule has 162 valence electrons. The van der Waals surface area contributed by atoms with E-state index in [4.69, 9.17) is 9.47 Å². The van der Waals surface area contributed by atoms with Gasteiger partial charge in [-0.15, -0.1) is 0 Å². The summed E-state index contributed by atoms with van der Waals surface area (Å²) in [6.07, 6.45) is 1.78. The first-order chi connectivity index (χ1) is 15.1. The van der Waals surface area contributed by atoms with Crippen molar-refractivity contribution in [2.24, 2.45) is 0 Å². The van der Waals surface area contributed by atoms with Crippen molar-refractivity contribution >= 4 is 34.3 Å². The minimum Gasteiger partial charge on any atom is -0.497 e. The topological polar surface area (TPSA) is 99.8 Å². The Morgan fingerprint density at radius 1 is 1.13 bits per heavy atom. The second-order valence-electron chi connectivity index (χ2n) is 7.28. The molecule has 2 N–H and O–H groups in total. The Labute approximate surface area is 179 Å². The quantitative estimate of drug-likeness (QED) is 0.586. The zero-order valence-electron chi connectivity index (χ0n) is 17.6. The first-order valence-electron chi connectivity index (χ1n) is 10.0. The van der Waals surface area contributed by atoms with Crippen LogP contribution in [0, 0.1) is 0 Å². The normalized spacial score (nSPS) is 14.5. The third-order valence-electron chi connectivity index (χ3n) is 5.37. The van der Waals surface area contributed by atoms with E-state index in [0.717, 1.165) is 37.4 Å². The molecule has 1 fully saturated rings. The van der Waals surface area contributed by atoms with Crippen molar-refractivity contribution in [3.8, 4) is 5.75 Å². The van der Waals surface area contributed by atoms with Crippen LogP contribution in [0.15, 0.2) is 42.6 Å². The Hall–Kier alpha value is -3.59. The Balaban J connectivity index is 1.44. The van der Waals surface area contributed by atoms with Crippen molar-refractivity contribution < 1.29 is 19.1 Å². The number of esters is 1. The first-order valence-corrected chi connectivity index (χ1v) is 10.0. The molecule has 4 rings (SSSR count). The van der Waals surface area contributed by atoms with Crippen molar-refractivity contribution in [2.45, 2.75) is 0 Å². The van der Waals surface area contributed by atoms with E-state index in [1.54, 1.807) is 31.5 Å². The number of aromatic nitrogens is 2. The number of anilines is 2. The highest BCUT2D eigenvalue weighted by molar-refractivity contribution is 6.11. The van der Waals surface area contributed by atoms with Gasteiger partial charge in [-0.05, 0) is 24.3 Å². The summed E-state index contributed by atoms with van der Waals surface area (Å²) in [5, 5.41) is 3.61. The van der Waals surface area contributed by atoms with Crippen molar-refractivity contribution in [2.75, 3.05) is 57.2 Å². The van der Waals surface area contributed by atoms with E-state index in [0.29, 0.717) is 17.0 Å². The number of aromatic amines is 1. The summed E-state index contributed by atoms with van der Waals surface area (Å²) in [4.78, 5) is 36.7. The van der Waals surface area contributed by atoms with Gasteiger partial charge < -0.3 is 24.7 Å². The largest absolute Gasteiger partial charge is 0.497 e. The maximum Gasteiger partial charge on any atom is 0.356 e. The van der Waals surface area contributed by atoms with Crippen LogP contribution in [-0.4, -0.2) is 73.7 Å². The molecule has 0 radical (unpaired) electrons. The summed E-state index contributed by atoms with van der Waals surface area (Å²) in [5.74, 6) is 0.861. The number of methoxy groups -OCH3 is 2. The second kappa shape index (κ2) is 9.05. The highest BCUT2D eigenvalue weighted by Gasteiger charge is 2.23. The van der Waals surface area contributed by atoms with E-state index in [1.807, 2.05) is 18.2 Å². The van der Waals surface area contributed by atoms with E-state index in [-0.39, 0.29) is 18.1 Å². The van der Waals surface area contributed by atoms with Crippen LogP contribution in [0.1, 0.15) is 10.5 Å². The SMILES string of the molecule is COC(=O)c1[nH]c2cc(OC)ccc2c1NC(=O)CN1CCN(c2ccccn2)CC1. The first kappa shape index (κ1) is 20.7. The van der Waals surface area contributed by atoms with E-state index in [1.165, 1.54) is 7.11 Å². The fraction of sp³-hybridized carbons (Fsp3) is 0.318. The van der Waals surface area contributed by atoms with E-state index < -0.39 is 5.97 Å². The Bertz CT molecular complexity index is 1070. The highest BCUT2D eigenvalue weighted by atomic mass is 16.5. The number of benzene rings is 1. The smallest absolute Gasteiger partial charge is 0.356 e. The second-order valence-corrected chi connectivity index (χ2v) is 7.28. The molecule has 3 heterocycles. The summed E-state index contributed by atoms with van der Waals surface area (Å²) < 4.78 is 10.1. The van der Waals surface area contributed by atoms with Crippen molar-refractivity contribution in [1.82, 2.24) is 14.9 Å². The van der Waals surface area contributed by atoms with Crippen LogP contribution in [0.25, 0.3) is 10.9 Å².